The number of hydrogen-bond donors (Lipinski definition) is 1. The fourth-order valence-corrected chi connectivity index (χ4v) is 0.653. The van der Waals surface area contributed by atoms with Crippen LogP contribution in [0.25, 0.3) is 0 Å². The third-order valence-corrected chi connectivity index (χ3v) is 1.31. The molecule has 1 N–H and O–H groups in total. The summed E-state index contributed by atoms with van der Waals surface area (Å²) >= 11 is 0. The van der Waals surface area contributed by atoms with Gasteiger partial charge in [-0.15, -0.1) is 0 Å². The van der Waals surface area contributed by atoms with E-state index in [4.69, 9.17) is 4.74 Å². The van der Waals surface area contributed by atoms with Gasteiger partial charge in [0, 0.05) is 0 Å². The number of carbonyl (C=O) groups excluding carboxylic acids is 1. The van der Waals surface area contributed by atoms with Gasteiger partial charge in [-0.05, 0) is 27.2 Å². The van der Waals surface area contributed by atoms with Crippen molar-refractivity contribution in [2.45, 2.75) is 45.9 Å². The van der Waals surface area contributed by atoms with Gasteiger partial charge < -0.3 is 10.1 Å². The Labute approximate surface area is 78.6 Å². The molecular formula is C9H18FNO2. The highest BCUT2D eigenvalue weighted by atomic mass is 19.1. The van der Waals surface area contributed by atoms with E-state index in [1.54, 1.807) is 27.7 Å². The monoisotopic (exact) mass is 191 g/mol. The van der Waals surface area contributed by atoms with Crippen LogP contribution in [-0.4, -0.2) is 24.4 Å². The zero-order valence-electron chi connectivity index (χ0n) is 8.69. The SMILES string of the molecule is CCC(F)CNC(=O)OC(C)(C)C. The first kappa shape index (κ1) is 12.2. The van der Waals surface area contributed by atoms with Gasteiger partial charge in [0.25, 0.3) is 0 Å². The zero-order valence-corrected chi connectivity index (χ0v) is 8.69. The van der Waals surface area contributed by atoms with E-state index in [9.17, 15) is 9.18 Å². The molecule has 0 bridgehead atoms. The smallest absolute Gasteiger partial charge is 0.407 e. The molecule has 1 unspecified atom stereocenters. The van der Waals surface area contributed by atoms with E-state index in [-0.39, 0.29) is 6.54 Å². The van der Waals surface area contributed by atoms with Gasteiger partial charge >= 0.3 is 6.09 Å². The first-order chi connectivity index (χ1) is 5.85. The van der Waals surface area contributed by atoms with Crippen LogP contribution in [0.1, 0.15) is 34.1 Å². The van der Waals surface area contributed by atoms with Crippen molar-refractivity contribution in [3.8, 4) is 0 Å². The van der Waals surface area contributed by atoms with Crippen LogP contribution in [0, 0.1) is 0 Å². The van der Waals surface area contributed by atoms with Gasteiger partial charge in [0.2, 0.25) is 0 Å². The van der Waals surface area contributed by atoms with Crippen molar-refractivity contribution < 1.29 is 13.9 Å². The summed E-state index contributed by atoms with van der Waals surface area (Å²) in [4.78, 5) is 11.0. The van der Waals surface area contributed by atoms with Crippen LogP contribution in [0.4, 0.5) is 9.18 Å². The summed E-state index contributed by atoms with van der Waals surface area (Å²) in [6.45, 7) is 7.03. The maximum Gasteiger partial charge on any atom is 0.407 e. The Morgan fingerprint density at radius 3 is 2.46 bits per heavy atom. The molecule has 0 heterocycles. The maximum atomic E-state index is 12.7. The summed E-state index contributed by atoms with van der Waals surface area (Å²) in [5, 5.41) is 2.35. The Morgan fingerprint density at radius 1 is 1.54 bits per heavy atom. The quantitative estimate of drug-likeness (QED) is 0.743. The van der Waals surface area contributed by atoms with Crippen LogP contribution in [0.2, 0.25) is 0 Å². The predicted octanol–water partition coefficient (Wildman–Crippen LogP) is 2.26. The summed E-state index contributed by atoms with van der Waals surface area (Å²) in [6.07, 6.45) is -1.16. The molecule has 78 valence electrons. The Kier molecular flexibility index (Phi) is 4.73. The lowest BCUT2D eigenvalue weighted by Gasteiger charge is -2.20. The van der Waals surface area contributed by atoms with Gasteiger partial charge in [0.15, 0.2) is 0 Å². The van der Waals surface area contributed by atoms with Crippen LogP contribution in [0.3, 0.4) is 0 Å². The number of alkyl halides is 1. The molecule has 0 saturated carbocycles. The molecule has 0 spiro atoms. The van der Waals surface area contributed by atoms with E-state index in [2.05, 4.69) is 5.32 Å². The highest BCUT2D eigenvalue weighted by Gasteiger charge is 2.16. The number of halogens is 1. The van der Waals surface area contributed by atoms with Gasteiger partial charge in [-0.3, -0.25) is 0 Å². The largest absolute Gasteiger partial charge is 0.444 e. The minimum atomic E-state index is -0.993. The maximum absolute atomic E-state index is 12.7. The van der Waals surface area contributed by atoms with Gasteiger partial charge in [-0.1, -0.05) is 6.92 Å². The second kappa shape index (κ2) is 5.04. The molecule has 4 heteroatoms. The molecule has 0 fully saturated rings. The van der Waals surface area contributed by atoms with Gasteiger partial charge in [-0.2, -0.15) is 0 Å². The number of amides is 1. The second-order valence-corrected chi connectivity index (χ2v) is 3.89. The Balaban J connectivity index is 3.64. The van der Waals surface area contributed by atoms with E-state index in [0.717, 1.165) is 0 Å². The lowest BCUT2D eigenvalue weighted by atomic mass is 10.2. The summed E-state index contributed by atoms with van der Waals surface area (Å²) in [6, 6.07) is 0. The normalized spacial score (nSPS) is 13.6. The van der Waals surface area contributed by atoms with Crippen LogP contribution < -0.4 is 5.32 Å². The van der Waals surface area contributed by atoms with Crippen LogP contribution in [0.5, 0.6) is 0 Å². The number of hydrogen-bond acceptors (Lipinski definition) is 2. The summed E-state index contributed by atoms with van der Waals surface area (Å²) < 4.78 is 17.6. The fourth-order valence-electron chi connectivity index (χ4n) is 0.653. The van der Waals surface area contributed by atoms with E-state index >= 15 is 0 Å². The highest BCUT2D eigenvalue weighted by molar-refractivity contribution is 5.67. The molecular weight excluding hydrogens is 173 g/mol. The van der Waals surface area contributed by atoms with Gasteiger partial charge in [0.1, 0.15) is 11.8 Å². The molecule has 0 aliphatic carbocycles. The molecule has 0 aliphatic rings. The van der Waals surface area contributed by atoms with E-state index in [0.29, 0.717) is 6.42 Å². The summed E-state index contributed by atoms with van der Waals surface area (Å²) in [5.74, 6) is 0. The fraction of sp³-hybridized carbons (Fsp3) is 0.889. The first-order valence-corrected chi connectivity index (χ1v) is 4.46. The van der Waals surface area contributed by atoms with Gasteiger partial charge in [-0.25, -0.2) is 9.18 Å². The van der Waals surface area contributed by atoms with E-state index in [1.807, 2.05) is 0 Å². The molecule has 1 amide bonds. The van der Waals surface area contributed by atoms with Crippen molar-refractivity contribution in [2.75, 3.05) is 6.54 Å². The number of ether oxygens (including phenoxy) is 1. The lowest BCUT2D eigenvalue weighted by molar-refractivity contribution is 0.0513. The summed E-state index contributed by atoms with van der Waals surface area (Å²) in [7, 11) is 0. The molecule has 0 rings (SSSR count). The third-order valence-electron chi connectivity index (χ3n) is 1.31. The Bertz CT molecular complexity index is 165. The lowest BCUT2D eigenvalue weighted by Crippen LogP contribution is -2.35. The minimum Gasteiger partial charge on any atom is -0.444 e. The van der Waals surface area contributed by atoms with Crippen LogP contribution >= 0.6 is 0 Å². The molecule has 0 aliphatic heterocycles. The van der Waals surface area contributed by atoms with Crippen molar-refractivity contribution in [1.82, 2.24) is 5.32 Å². The third kappa shape index (κ3) is 7.56. The number of alkyl carbamates (subject to hydrolysis) is 1. The van der Waals surface area contributed by atoms with Crippen molar-refractivity contribution >= 4 is 6.09 Å². The standard InChI is InChI=1S/C9H18FNO2/c1-5-7(10)6-11-8(12)13-9(2,3)4/h7H,5-6H2,1-4H3,(H,11,12). The zero-order chi connectivity index (χ0) is 10.5. The molecule has 13 heavy (non-hydrogen) atoms. The minimum absolute atomic E-state index is 0.0193. The molecule has 3 nitrogen and oxygen atoms in total. The average Bonchev–Trinajstić information content (AvgIpc) is 1.97. The molecule has 0 aromatic heterocycles. The Hall–Kier alpha value is -0.800. The highest BCUT2D eigenvalue weighted by Crippen LogP contribution is 2.06. The Morgan fingerprint density at radius 2 is 2.08 bits per heavy atom. The number of carbonyl (C=O) groups is 1. The summed E-state index contributed by atoms with van der Waals surface area (Å²) in [5.41, 5.74) is -0.526. The van der Waals surface area contributed by atoms with Crippen LogP contribution in [-0.2, 0) is 4.74 Å². The molecule has 1 atom stereocenters. The van der Waals surface area contributed by atoms with Gasteiger partial charge in [0.05, 0.1) is 6.54 Å². The molecule has 0 aromatic rings. The molecule has 0 aromatic carbocycles. The van der Waals surface area contributed by atoms with Crippen molar-refractivity contribution in [3.05, 3.63) is 0 Å². The van der Waals surface area contributed by atoms with Crippen LogP contribution in [0.15, 0.2) is 0 Å². The first-order valence-electron chi connectivity index (χ1n) is 4.46. The second-order valence-electron chi connectivity index (χ2n) is 3.89. The molecule has 0 saturated heterocycles. The number of nitrogens with one attached hydrogen (secondary N) is 1. The van der Waals surface area contributed by atoms with Crippen molar-refractivity contribution in [1.29, 1.82) is 0 Å². The topological polar surface area (TPSA) is 38.3 Å². The average molecular weight is 191 g/mol. The van der Waals surface area contributed by atoms with E-state index in [1.165, 1.54) is 0 Å². The molecule has 0 radical (unpaired) electrons. The van der Waals surface area contributed by atoms with Crippen molar-refractivity contribution in [2.24, 2.45) is 0 Å². The van der Waals surface area contributed by atoms with Crippen molar-refractivity contribution in [3.63, 3.8) is 0 Å². The number of rotatable bonds is 3. The van der Waals surface area contributed by atoms with E-state index < -0.39 is 17.9 Å². The predicted molar refractivity (Wildman–Crippen MR) is 49.4 cm³/mol.